The number of esters is 1. The second-order valence-electron chi connectivity index (χ2n) is 5.24. The molecule has 1 aromatic rings. The van der Waals surface area contributed by atoms with Crippen molar-refractivity contribution in [3.8, 4) is 0 Å². The largest absolute Gasteiger partial charge is 0.462 e. The van der Waals surface area contributed by atoms with Crippen LogP contribution in [0, 0.1) is 0 Å². The van der Waals surface area contributed by atoms with Gasteiger partial charge < -0.3 is 14.2 Å². The number of carbonyl (C=O) groups is 1. The Bertz CT molecular complexity index is 420. The van der Waals surface area contributed by atoms with E-state index in [1.54, 1.807) is 0 Å². The molecule has 0 bridgehead atoms. The number of ether oxygens (including phenoxy) is 1. The average Bonchev–Trinajstić information content (AvgIpc) is 2.99. The first-order valence-corrected chi connectivity index (χ1v) is 7.25. The Kier molecular flexibility index (Phi) is 5.02. The minimum absolute atomic E-state index is 0.195. The van der Waals surface area contributed by atoms with Crippen LogP contribution in [0.4, 0.5) is 0 Å². The molecule has 0 unspecified atom stereocenters. The topological polar surface area (TPSA) is 34.5 Å². The number of aromatic nitrogens is 1. The van der Waals surface area contributed by atoms with E-state index >= 15 is 0 Å². The Balaban J connectivity index is 1.89. The predicted octanol–water partition coefficient (Wildman–Crippen LogP) is 2.23. The molecule has 2 rings (SSSR count). The molecule has 4 nitrogen and oxygen atoms in total. The van der Waals surface area contributed by atoms with E-state index in [-0.39, 0.29) is 5.97 Å². The normalized spacial score (nSPS) is 15.9. The van der Waals surface area contributed by atoms with Gasteiger partial charge in [0.15, 0.2) is 0 Å². The first-order chi connectivity index (χ1) is 9.20. The van der Waals surface area contributed by atoms with Gasteiger partial charge in [-0.25, -0.2) is 4.79 Å². The van der Waals surface area contributed by atoms with E-state index in [1.165, 1.54) is 25.9 Å². The molecule has 0 N–H and O–H groups in total. The Morgan fingerprint density at radius 3 is 2.74 bits per heavy atom. The Morgan fingerprint density at radius 1 is 1.32 bits per heavy atom. The van der Waals surface area contributed by atoms with Crippen LogP contribution in [0.2, 0.25) is 0 Å². The zero-order chi connectivity index (χ0) is 13.7. The highest BCUT2D eigenvalue weighted by Crippen LogP contribution is 2.15. The molecular formula is C15H24N2O2. The fourth-order valence-electron chi connectivity index (χ4n) is 2.73. The zero-order valence-electron chi connectivity index (χ0n) is 12.0. The van der Waals surface area contributed by atoms with Gasteiger partial charge in [0, 0.05) is 19.4 Å². The summed E-state index contributed by atoms with van der Waals surface area (Å²) in [5.41, 5.74) is 1.84. The lowest BCUT2D eigenvalue weighted by atomic mass is 10.1. The van der Waals surface area contributed by atoms with Crippen LogP contribution in [-0.4, -0.2) is 41.7 Å². The second kappa shape index (κ2) is 6.75. The SMILES string of the molecule is CCOC(=O)c1cn(C)cc1CCCN1CCCC1. The van der Waals surface area contributed by atoms with Crippen LogP contribution in [0.5, 0.6) is 0 Å². The molecule has 0 radical (unpaired) electrons. The van der Waals surface area contributed by atoms with Crippen LogP contribution < -0.4 is 0 Å². The molecular weight excluding hydrogens is 240 g/mol. The summed E-state index contributed by atoms with van der Waals surface area (Å²) in [6.45, 7) is 5.88. The lowest BCUT2D eigenvalue weighted by Crippen LogP contribution is -2.20. The zero-order valence-corrected chi connectivity index (χ0v) is 12.0. The predicted molar refractivity (Wildman–Crippen MR) is 75.4 cm³/mol. The molecule has 4 heteroatoms. The van der Waals surface area contributed by atoms with E-state index in [2.05, 4.69) is 4.90 Å². The van der Waals surface area contributed by atoms with Crippen molar-refractivity contribution in [3.05, 3.63) is 23.5 Å². The first-order valence-electron chi connectivity index (χ1n) is 7.25. The van der Waals surface area contributed by atoms with Gasteiger partial charge >= 0.3 is 5.97 Å². The molecule has 2 heterocycles. The van der Waals surface area contributed by atoms with Gasteiger partial charge in [-0.1, -0.05) is 0 Å². The fraction of sp³-hybridized carbons (Fsp3) is 0.667. The number of carbonyl (C=O) groups excluding carboxylic acids is 1. The highest BCUT2D eigenvalue weighted by Gasteiger charge is 2.16. The molecule has 106 valence electrons. The van der Waals surface area contributed by atoms with Crippen molar-refractivity contribution in [3.63, 3.8) is 0 Å². The summed E-state index contributed by atoms with van der Waals surface area (Å²) in [6.07, 6.45) is 8.63. The molecule has 0 aliphatic carbocycles. The Hall–Kier alpha value is -1.29. The van der Waals surface area contributed by atoms with Crippen LogP contribution in [0.3, 0.4) is 0 Å². The maximum Gasteiger partial charge on any atom is 0.339 e. The molecule has 19 heavy (non-hydrogen) atoms. The van der Waals surface area contributed by atoms with E-state index in [0.717, 1.165) is 30.5 Å². The average molecular weight is 264 g/mol. The van der Waals surface area contributed by atoms with Crippen LogP contribution in [0.1, 0.15) is 42.1 Å². The van der Waals surface area contributed by atoms with Gasteiger partial charge in [-0.15, -0.1) is 0 Å². The maximum atomic E-state index is 11.9. The second-order valence-corrected chi connectivity index (χ2v) is 5.24. The van der Waals surface area contributed by atoms with E-state index in [4.69, 9.17) is 4.74 Å². The van der Waals surface area contributed by atoms with Crippen molar-refractivity contribution in [2.45, 2.75) is 32.6 Å². The number of rotatable bonds is 6. The summed E-state index contributed by atoms with van der Waals surface area (Å²) in [4.78, 5) is 14.4. The monoisotopic (exact) mass is 264 g/mol. The summed E-state index contributed by atoms with van der Waals surface area (Å²) in [5.74, 6) is -0.195. The minimum atomic E-state index is -0.195. The third-order valence-corrected chi connectivity index (χ3v) is 3.65. The van der Waals surface area contributed by atoms with E-state index in [0.29, 0.717) is 6.61 Å². The van der Waals surface area contributed by atoms with Crippen molar-refractivity contribution < 1.29 is 9.53 Å². The molecule has 1 aliphatic rings. The molecule has 1 aromatic heterocycles. The number of likely N-dealkylation sites (tertiary alicyclic amines) is 1. The van der Waals surface area contributed by atoms with Crippen molar-refractivity contribution >= 4 is 5.97 Å². The van der Waals surface area contributed by atoms with Gasteiger partial charge in [0.25, 0.3) is 0 Å². The van der Waals surface area contributed by atoms with E-state index in [9.17, 15) is 4.79 Å². The van der Waals surface area contributed by atoms with E-state index in [1.807, 2.05) is 30.9 Å². The van der Waals surface area contributed by atoms with Crippen LogP contribution in [0.25, 0.3) is 0 Å². The summed E-state index contributed by atoms with van der Waals surface area (Å²) in [6, 6.07) is 0. The molecule has 1 fully saturated rings. The summed E-state index contributed by atoms with van der Waals surface area (Å²) in [7, 11) is 1.95. The van der Waals surface area contributed by atoms with Gasteiger partial charge in [-0.3, -0.25) is 0 Å². The van der Waals surface area contributed by atoms with Gasteiger partial charge in [-0.2, -0.15) is 0 Å². The fourth-order valence-corrected chi connectivity index (χ4v) is 2.73. The summed E-state index contributed by atoms with van der Waals surface area (Å²) in [5, 5.41) is 0. The highest BCUT2D eigenvalue weighted by atomic mass is 16.5. The number of aryl methyl sites for hydroxylation is 2. The minimum Gasteiger partial charge on any atom is -0.462 e. The number of nitrogens with zero attached hydrogens (tertiary/aromatic N) is 2. The third kappa shape index (κ3) is 3.83. The third-order valence-electron chi connectivity index (χ3n) is 3.65. The Labute approximate surface area is 115 Å². The quantitative estimate of drug-likeness (QED) is 0.739. The van der Waals surface area contributed by atoms with Gasteiger partial charge in [0.05, 0.1) is 12.2 Å². The van der Waals surface area contributed by atoms with Crippen molar-refractivity contribution in [2.24, 2.45) is 7.05 Å². The lowest BCUT2D eigenvalue weighted by Gasteiger charge is -2.13. The molecule has 0 amide bonds. The van der Waals surface area contributed by atoms with Crippen LogP contribution in [0.15, 0.2) is 12.4 Å². The van der Waals surface area contributed by atoms with E-state index < -0.39 is 0 Å². The maximum absolute atomic E-state index is 11.9. The van der Waals surface area contributed by atoms with Crippen LogP contribution in [-0.2, 0) is 18.2 Å². The standard InChI is InChI=1S/C15H24N2O2/c1-3-19-15(18)14-12-16(2)11-13(14)7-6-10-17-8-4-5-9-17/h11-12H,3-10H2,1-2H3. The van der Waals surface area contributed by atoms with Crippen molar-refractivity contribution in [1.29, 1.82) is 0 Å². The smallest absolute Gasteiger partial charge is 0.339 e. The summed E-state index contributed by atoms with van der Waals surface area (Å²) >= 11 is 0. The van der Waals surface area contributed by atoms with Crippen LogP contribution >= 0.6 is 0 Å². The molecule has 0 saturated carbocycles. The van der Waals surface area contributed by atoms with Gasteiger partial charge in [0.2, 0.25) is 0 Å². The highest BCUT2D eigenvalue weighted by molar-refractivity contribution is 5.91. The summed E-state index contributed by atoms with van der Waals surface area (Å²) < 4.78 is 7.04. The lowest BCUT2D eigenvalue weighted by molar-refractivity contribution is 0.0525. The van der Waals surface area contributed by atoms with Gasteiger partial charge in [0.1, 0.15) is 0 Å². The van der Waals surface area contributed by atoms with Gasteiger partial charge in [-0.05, 0) is 57.8 Å². The molecule has 0 spiro atoms. The molecule has 1 saturated heterocycles. The molecule has 0 aromatic carbocycles. The Morgan fingerprint density at radius 2 is 2.05 bits per heavy atom. The molecule has 1 aliphatic heterocycles. The first kappa shape index (κ1) is 14.1. The molecule has 0 atom stereocenters. The van der Waals surface area contributed by atoms with Crippen molar-refractivity contribution in [1.82, 2.24) is 9.47 Å². The number of hydrogen-bond donors (Lipinski definition) is 0. The van der Waals surface area contributed by atoms with Crippen molar-refractivity contribution in [2.75, 3.05) is 26.2 Å². The number of hydrogen-bond acceptors (Lipinski definition) is 3.